The number of nitrogens with one attached hydrogen (secondary N) is 2. The highest BCUT2D eigenvalue weighted by molar-refractivity contribution is 7.80. The number of rotatable bonds is 9. The molecule has 0 aliphatic rings. The highest BCUT2D eigenvalue weighted by Gasteiger charge is 2.19. The molecule has 1 heterocycles. The van der Waals surface area contributed by atoms with E-state index in [0.717, 1.165) is 11.1 Å². The summed E-state index contributed by atoms with van der Waals surface area (Å²) in [6, 6.07) is 11.9. The van der Waals surface area contributed by atoms with E-state index in [4.69, 9.17) is 30.8 Å². The molecule has 0 bridgehead atoms. The van der Waals surface area contributed by atoms with Crippen LogP contribution in [0.5, 0.6) is 23.0 Å². The molecule has 4 aromatic rings. The zero-order chi connectivity index (χ0) is 28.1. The van der Waals surface area contributed by atoms with Crippen molar-refractivity contribution in [3.05, 3.63) is 59.2 Å². The first-order valence-corrected chi connectivity index (χ1v) is 13.0. The number of oxazole rings is 1. The van der Waals surface area contributed by atoms with Gasteiger partial charge >= 0.3 is 0 Å². The fourth-order valence-corrected chi connectivity index (χ4v) is 4.15. The second-order valence-corrected chi connectivity index (χ2v) is 9.07. The van der Waals surface area contributed by atoms with Crippen molar-refractivity contribution in [3.8, 4) is 34.5 Å². The Kier molecular flexibility index (Phi) is 8.55. The van der Waals surface area contributed by atoms with Crippen LogP contribution in [0.2, 0.25) is 0 Å². The van der Waals surface area contributed by atoms with Gasteiger partial charge in [0.15, 0.2) is 22.2 Å². The minimum atomic E-state index is -0.463. The van der Waals surface area contributed by atoms with Crippen molar-refractivity contribution < 1.29 is 28.5 Å². The fraction of sp³-hybridized carbons (Fsp3) is 0.276. The third-order valence-corrected chi connectivity index (χ3v) is 6.09. The van der Waals surface area contributed by atoms with E-state index in [1.165, 1.54) is 6.07 Å². The molecule has 0 aliphatic heterocycles. The molecule has 0 radical (unpaired) electrons. The number of fused-ring (bicyclic) bond motifs is 1. The summed E-state index contributed by atoms with van der Waals surface area (Å²) in [5, 5.41) is 16.3. The summed E-state index contributed by atoms with van der Waals surface area (Å²) in [5.41, 5.74) is 4.76. The van der Waals surface area contributed by atoms with Gasteiger partial charge in [-0.1, -0.05) is 0 Å². The van der Waals surface area contributed by atoms with Crippen LogP contribution in [0.15, 0.2) is 46.9 Å². The predicted octanol–water partition coefficient (Wildman–Crippen LogP) is 6.14. The van der Waals surface area contributed by atoms with E-state index in [1.807, 2.05) is 46.8 Å². The summed E-state index contributed by atoms with van der Waals surface area (Å²) in [6.45, 7) is 10.7. The second kappa shape index (κ2) is 12.0. The van der Waals surface area contributed by atoms with Crippen LogP contribution in [0.3, 0.4) is 0 Å². The van der Waals surface area contributed by atoms with Gasteiger partial charge in [0, 0.05) is 17.3 Å². The first-order valence-electron chi connectivity index (χ1n) is 12.6. The van der Waals surface area contributed by atoms with Crippen LogP contribution in [0.25, 0.3) is 22.6 Å². The minimum absolute atomic E-state index is 0.0461. The lowest BCUT2D eigenvalue weighted by Gasteiger charge is -2.17. The molecule has 3 aromatic carbocycles. The predicted molar refractivity (Wildman–Crippen MR) is 154 cm³/mol. The molecule has 0 unspecified atom stereocenters. The first-order chi connectivity index (χ1) is 18.7. The Hall–Kier alpha value is -4.31. The fourth-order valence-electron chi connectivity index (χ4n) is 3.94. The van der Waals surface area contributed by atoms with Gasteiger partial charge in [-0.2, -0.15) is 0 Å². The number of ether oxygens (including phenoxy) is 3. The van der Waals surface area contributed by atoms with Gasteiger partial charge in [0.05, 0.1) is 25.4 Å². The lowest BCUT2D eigenvalue weighted by molar-refractivity contribution is 0.0976. The quantitative estimate of drug-likeness (QED) is 0.212. The van der Waals surface area contributed by atoms with Gasteiger partial charge in [0.25, 0.3) is 5.91 Å². The van der Waals surface area contributed by atoms with E-state index >= 15 is 0 Å². The van der Waals surface area contributed by atoms with Crippen LogP contribution in [0.4, 0.5) is 5.69 Å². The van der Waals surface area contributed by atoms with Gasteiger partial charge in [-0.05, 0) is 94.4 Å². The Balaban J connectivity index is 1.49. The highest BCUT2D eigenvalue weighted by atomic mass is 32.1. The van der Waals surface area contributed by atoms with Crippen molar-refractivity contribution in [2.24, 2.45) is 0 Å². The Morgan fingerprint density at radius 2 is 1.59 bits per heavy atom. The zero-order valence-corrected chi connectivity index (χ0v) is 23.3. The second-order valence-electron chi connectivity index (χ2n) is 8.66. The number of anilines is 1. The standard InChI is InChI=1S/C29H31N3O6S/c1-6-35-24-13-18(14-25(36-7-2)26(24)37-8-3)27(34)32-29(39)30-19-9-10-20(22(33)15-19)28-31-21-11-16(4)17(5)12-23(21)38-28/h9-15,33H,6-8H2,1-5H3,(H2,30,32,34,39). The summed E-state index contributed by atoms with van der Waals surface area (Å²) >= 11 is 5.34. The van der Waals surface area contributed by atoms with Crippen LogP contribution >= 0.6 is 12.2 Å². The number of aromatic hydroxyl groups is 1. The SMILES string of the molecule is CCOc1cc(C(=O)NC(=S)Nc2ccc(-c3nc4cc(C)c(C)cc4o3)c(O)c2)cc(OCC)c1OCC. The molecule has 39 heavy (non-hydrogen) atoms. The Morgan fingerprint density at radius 3 is 2.21 bits per heavy atom. The monoisotopic (exact) mass is 549 g/mol. The number of aromatic nitrogens is 1. The summed E-state index contributed by atoms with van der Waals surface area (Å²) in [7, 11) is 0. The zero-order valence-electron chi connectivity index (χ0n) is 22.5. The third kappa shape index (κ3) is 6.23. The topological polar surface area (TPSA) is 115 Å². The van der Waals surface area contributed by atoms with Crippen LogP contribution in [-0.2, 0) is 0 Å². The van der Waals surface area contributed by atoms with Crippen LogP contribution in [0, 0.1) is 13.8 Å². The smallest absolute Gasteiger partial charge is 0.257 e. The normalized spacial score (nSPS) is 10.8. The van der Waals surface area contributed by atoms with Crippen LogP contribution in [0.1, 0.15) is 42.3 Å². The van der Waals surface area contributed by atoms with Crippen molar-refractivity contribution in [2.45, 2.75) is 34.6 Å². The molecule has 4 rings (SSSR count). The maximum Gasteiger partial charge on any atom is 0.257 e. The lowest BCUT2D eigenvalue weighted by atomic mass is 10.1. The van der Waals surface area contributed by atoms with Gasteiger partial charge in [-0.3, -0.25) is 10.1 Å². The number of phenols is 1. The van der Waals surface area contributed by atoms with Crippen LogP contribution in [-0.4, -0.2) is 40.9 Å². The van der Waals surface area contributed by atoms with Crippen molar-refractivity contribution in [1.29, 1.82) is 0 Å². The average Bonchev–Trinajstić information content (AvgIpc) is 3.28. The molecular weight excluding hydrogens is 518 g/mol. The van der Waals surface area contributed by atoms with Crippen LogP contribution < -0.4 is 24.8 Å². The average molecular weight is 550 g/mol. The summed E-state index contributed by atoms with van der Waals surface area (Å²) < 4.78 is 22.9. The van der Waals surface area contributed by atoms with E-state index in [9.17, 15) is 9.90 Å². The molecule has 0 atom stereocenters. The molecule has 1 amide bonds. The number of carbonyl (C=O) groups excluding carboxylic acids is 1. The summed E-state index contributed by atoms with van der Waals surface area (Å²) in [4.78, 5) is 17.5. The summed E-state index contributed by atoms with van der Waals surface area (Å²) in [6.07, 6.45) is 0. The summed E-state index contributed by atoms with van der Waals surface area (Å²) in [5.74, 6) is 1.04. The Bertz CT molecular complexity index is 1470. The molecule has 9 nitrogen and oxygen atoms in total. The largest absolute Gasteiger partial charge is 0.507 e. The number of amides is 1. The molecule has 0 spiro atoms. The number of benzene rings is 3. The van der Waals surface area contributed by atoms with E-state index in [-0.39, 0.29) is 16.4 Å². The number of aryl methyl sites for hydroxylation is 2. The van der Waals surface area contributed by atoms with E-state index < -0.39 is 5.91 Å². The molecule has 0 fully saturated rings. The number of hydrogen-bond acceptors (Lipinski definition) is 8. The van der Waals surface area contributed by atoms with Gasteiger partial charge < -0.3 is 29.1 Å². The molecule has 3 N–H and O–H groups in total. The van der Waals surface area contributed by atoms with Gasteiger partial charge in [-0.25, -0.2) is 4.98 Å². The number of phenolic OH excluding ortho intramolecular Hbond substituents is 1. The number of carbonyl (C=O) groups is 1. The molecule has 0 aliphatic carbocycles. The maximum absolute atomic E-state index is 13.0. The molecule has 10 heteroatoms. The van der Waals surface area contributed by atoms with Gasteiger partial charge in [-0.15, -0.1) is 0 Å². The third-order valence-electron chi connectivity index (χ3n) is 5.89. The number of thiocarbonyl (C=S) groups is 1. The number of hydrogen-bond donors (Lipinski definition) is 3. The molecule has 0 saturated carbocycles. The molecular formula is C29H31N3O6S. The molecule has 0 saturated heterocycles. The van der Waals surface area contributed by atoms with Gasteiger partial charge in [0.1, 0.15) is 11.3 Å². The van der Waals surface area contributed by atoms with E-state index in [1.54, 1.807) is 24.3 Å². The lowest BCUT2D eigenvalue weighted by Crippen LogP contribution is -2.34. The first kappa shape index (κ1) is 27.7. The van der Waals surface area contributed by atoms with E-state index in [0.29, 0.717) is 65.3 Å². The van der Waals surface area contributed by atoms with Crippen molar-refractivity contribution >= 4 is 40.0 Å². The Morgan fingerprint density at radius 1 is 0.949 bits per heavy atom. The molecule has 1 aromatic heterocycles. The molecule has 204 valence electrons. The van der Waals surface area contributed by atoms with Crippen molar-refractivity contribution in [2.75, 3.05) is 25.1 Å². The minimum Gasteiger partial charge on any atom is -0.507 e. The maximum atomic E-state index is 13.0. The van der Waals surface area contributed by atoms with Crippen molar-refractivity contribution in [1.82, 2.24) is 10.3 Å². The highest BCUT2D eigenvalue weighted by Crippen LogP contribution is 2.39. The van der Waals surface area contributed by atoms with Gasteiger partial charge in [0.2, 0.25) is 11.6 Å². The van der Waals surface area contributed by atoms with Crippen molar-refractivity contribution in [3.63, 3.8) is 0 Å². The number of nitrogens with zero attached hydrogens (tertiary/aromatic N) is 1. The van der Waals surface area contributed by atoms with E-state index in [2.05, 4.69) is 15.6 Å². The Labute approximate surface area is 232 Å².